The quantitative estimate of drug-likeness (QED) is 0.663. The van der Waals surface area contributed by atoms with Crippen molar-refractivity contribution in [3.8, 4) is 0 Å². The van der Waals surface area contributed by atoms with Crippen molar-refractivity contribution in [1.82, 2.24) is 5.32 Å². The van der Waals surface area contributed by atoms with Gasteiger partial charge in [0.25, 0.3) is 0 Å². The SMILES string of the molecule is CCC(C)CC(C)NC(=O)CC(N)=S. The van der Waals surface area contributed by atoms with Gasteiger partial charge in [-0.05, 0) is 19.3 Å². The number of rotatable bonds is 6. The maximum atomic E-state index is 11.3. The molecule has 0 aliphatic rings. The van der Waals surface area contributed by atoms with E-state index >= 15 is 0 Å². The normalized spacial score (nSPS) is 14.5. The Morgan fingerprint density at radius 1 is 1.50 bits per heavy atom. The minimum Gasteiger partial charge on any atom is -0.393 e. The number of nitrogens with one attached hydrogen (secondary N) is 1. The summed E-state index contributed by atoms with van der Waals surface area (Å²) in [5.74, 6) is 0.559. The predicted molar refractivity (Wildman–Crippen MR) is 63.1 cm³/mol. The number of amides is 1. The molecule has 4 heteroatoms. The lowest BCUT2D eigenvalue weighted by Gasteiger charge is -2.17. The largest absolute Gasteiger partial charge is 0.393 e. The molecule has 3 N–H and O–H groups in total. The smallest absolute Gasteiger partial charge is 0.227 e. The molecule has 1 amide bonds. The van der Waals surface area contributed by atoms with Gasteiger partial charge in [-0.1, -0.05) is 32.5 Å². The van der Waals surface area contributed by atoms with Crippen molar-refractivity contribution in [3.05, 3.63) is 0 Å². The number of hydrogen-bond donors (Lipinski definition) is 2. The Morgan fingerprint density at radius 2 is 2.07 bits per heavy atom. The molecule has 0 bridgehead atoms. The second-order valence-electron chi connectivity index (χ2n) is 3.86. The average molecular weight is 216 g/mol. The van der Waals surface area contributed by atoms with Crippen molar-refractivity contribution in [3.63, 3.8) is 0 Å². The van der Waals surface area contributed by atoms with E-state index in [1.54, 1.807) is 0 Å². The Bertz CT molecular complexity index is 206. The van der Waals surface area contributed by atoms with Crippen LogP contribution in [0, 0.1) is 5.92 Å². The topological polar surface area (TPSA) is 55.1 Å². The van der Waals surface area contributed by atoms with Crippen LogP contribution in [-0.2, 0) is 4.79 Å². The lowest BCUT2D eigenvalue weighted by molar-refractivity contribution is -0.120. The fourth-order valence-electron chi connectivity index (χ4n) is 1.31. The first kappa shape index (κ1) is 13.4. The Hall–Kier alpha value is -0.640. The van der Waals surface area contributed by atoms with Crippen LogP contribution >= 0.6 is 12.2 Å². The van der Waals surface area contributed by atoms with E-state index in [0.29, 0.717) is 5.92 Å². The van der Waals surface area contributed by atoms with E-state index in [9.17, 15) is 4.79 Å². The summed E-state index contributed by atoms with van der Waals surface area (Å²) >= 11 is 4.65. The minimum atomic E-state index is -0.0756. The first-order valence-electron chi connectivity index (χ1n) is 5.03. The van der Waals surface area contributed by atoms with Crippen LogP contribution in [0.2, 0.25) is 0 Å². The van der Waals surface area contributed by atoms with Gasteiger partial charge in [-0.3, -0.25) is 4.79 Å². The number of hydrogen-bond acceptors (Lipinski definition) is 2. The molecule has 0 saturated heterocycles. The highest BCUT2D eigenvalue weighted by Crippen LogP contribution is 2.09. The number of carbonyl (C=O) groups is 1. The summed E-state index contributed by atoms with van der Waals surface area (Å²) in [5, 5.41) is 2.87. The molecule has 82 valence electrons. The highest BCUT2D eigenvalue weighted by atomic mass is 32.1. The monoisotopic (exact) mass is 216 g/mol. The molecule has 0 aromatic heterocycles. The van der Waals surface area contributed by atoms with Crippen molar-refractivity contribution in [1.29, 1.82) is 0 Å². The summed E-state index contributed by atoms with van der Waals surface area (Å²) in [5.41, 5.74) is 5.27. The molecule has 0 aromatic rings. The van der Waals surface area contributed by atoms with Crippen molar-refractivity contribution in [2.45, 2.75) is 46.1 Å². The predicted octanol–water partition coefficient (Wildman–Crippen LogP) is 1.60. The number of nitrogens with two attached hydrogens (primary N) is 1. The summed E-state index contributed by atoms with van der Waals surface area (Å²) in [7, 11) is 0. The lowest BCUT2D eigenvalue weighted by atomic mass is 10.0. The van der Waals surface area contributed by atoms with E-state index in [1.165, 1.54) is 0 Å². The van der Waals surface area contributed by atoms with Crippen LogP contribution in [-0.4, -0.2) is 16.9 Å². The van der Waals surface area contributed by atoms with Gasteiger partial charge < -0.3 is 11.1 Å². The van der Waals surface area contributed by atoms with Gasteiger partial charge in [0.1, 0.15) is 0 Å². The van der Waals surface area contributed by atoms with E-state index in [4.69, 9.17) is 5.73 Å². The molecule has 0 radical (unpaired) electrons. The molecule has 0 rings (SSSR count). The molecule has 0 aromatic carbocycles. The van der Waals surface area contributed by atoms with Crippen LogP contribution in [0.4, 0.5) is 0 Å². The molecule has 0 heterocycles. The summed E-state index contributed by atoms with van der Waals surface area (Å²) in [6.07, 6.45) is 2.29. The molecular weight excluding hydrogens is 196 g/mol. The van der Waals surface area contributed by atoms with Crippen LogP contribution in [0.15, 0.2) is 0 Å². The van der Waals surface area contributed by atoms with Crippen LogP contribution in [0.25, 0.3) is 0 Å². The molecule has 2 unspecified atom stereocenters. The van der Waals surface area contributed by atoms with E-state index in [0.717, 1.165) is 12.8 Å². The number of carbonyl (C=O) groups excluding carboxylic acids is 1. The first-order chi connectivity index (χ1) is 6.45. The summed E-state index contributed by atoms with van der Waals surface area (Å²) in [6, 6.07) is 0.201. The highest BCUT2D eigenvalue weighted by molar-refractivity contribution is 7.80. The van der Waals surface area contributed by atoms with Crippen LogP contribution in [0.1, 0.15) is 40.0 Å². The molecule has 3 nitrogen and oxygen atoms in total. The van der Waals surface area contributed by atoms with Crippen LogP contribution in [0.5, 0.6) is 0 Å². The fourth-order valence-corrected chi connectivity index (χ4v) is 1.44. The molecule has 0 saturated carbocycles. The average Bonchev–Trinajstić information content (AvgIpc) is 2.01. The van der Waals surface area contributed by atoms with Gasteiger partial charge in [0.2, 0.25) is 5.91 Å². The van der Waals surface area contributed by atoms with Crippen molar-refractivity contribution in [2.75, 3.05) is 0 Å². The zero-order valence-electron chi connectivity index (χ0n) is 9.17. The fraction of sp³-hybridized carbons (Fsp3) is 0.800. The maximum absolute atomic E-state index is 11.3. The Kier molecular flexibility index (Phi) is 6.45. The van der Waals surface area contributed by atoms with Gasteiger partial charge in [0.05, 0.1) is 11.4 Å². The van der Waals surface area contributed by atoms with E-state index < -0.39 is 0 Å². The van der Waals surface area contributed by atoms with Gasteiger partial charge in [0, 0.05) is 6.04 Å². The molecule has 0 fully saturated rings. The number of thiocarbonyl (C=S) groups is 1. The Balaban J connectivity index is 3.76. The molecule has 0 spiro atoms. The second kappa shape index (κ2) is 6.76. The lowest BCUT2D eigenvalue weighted by Crippen LogP contribution is -2.35. The molecule has 0 aliphatic carbocycles. The van der Waals surface area contributed by atoms with Crippen molar-refractivity contribution >= 4 is 23.1 Å². The third kappa shape index (κ3) is 6.83. The van der Waals surface area contributed by atoms with Gasteiger partial charge in [-0.25, -0.2) is 0 Å². The molecular formula is C10H20N2OS. The van der Waals surface area contributed by atoms with Gasteiger partial charge >= 0.3 is 0 Å². The third-order valence-corrected chi connectivity index (χ3v) is 2.34. The van der Waals surface area contributed by atoms with E-state index in [2.05, 4.69) is 31.4 Å². The third-order valence-electron chi connectivity index (χ3n) is 2.20. The van der Waals surface area contributed by atoms with Crippen LogP contribution in [0.3, 0.4) is 0 Å². The first-order valence-corrected chi connectivity index (χ1v) is 5.44. The zero-order chi connectivity index (χ0) is 11.1. The van der Waals surface area contributed by atoms with Gasteiger partial charge in [-0.15, -0.1) is 0 Å². The van der Waals surface area contributed by atoms with E-state index in [1.807, 2.05) is 6.92 Å². The van der Waals surface area contributed by atoms with Crippen molar-refractivity contribution < 1.29 is 4.79 Å². The summed E-state index contributed by atoms with van der Waals surface area (Å²) in [6.45, 7) is 6.33. The molecule has 0 aliphatic heterocycles. The van der Waals surface area contributed by atoms with E-state index in [-0.39, 0.29) is 23.4 Å². The molecule has 14 heavy (non-hydrogen) atoms. The van der Waals surface area contributed by atoms with Gasteiger partial charge in [0.15, 0.2) is 0 Å². The van der Waals surface area contributed by atoms with Crippen LogP contribution < -0.4 is 11.1 Å². The Morgan fingerprint density at radius 3 is 2.50 bits per heavy atom. The van der Waals surface area contributed by atoms with Gasteiger partial charge in [-0.2, -0.15) is 0 Å². The van der Waals surface area contributed by atoms with Crippen molar-refractivity contribution in [2.24, 2.45) is 11.7 Å². The molecule has 2 atom stereocenters. The highest BCUT2D eigenvalue weighted by Gasteiger charge is 2.10. The zero-order valence-corrected chi connectivity index (χ0v) is 9.99. The Labute approximate surface area is 91.4 Å². The standard InChI is InChI=1S/C10H20N2OS/c1-4-7(2)5-8(3)12-10(13)6-9(11)14/h7-8H,4-6H2,1-3H3,(H2,11,14)(H,12,13). The minimum absolute atomic E-state index is 0.0756. The second-order valence-corrected chi connectivity index (χ2v) is 4.39. The maximum Gasteiger partial charge on any atom is 0.227 e. The summed E-state index contributed by atoms with van der Waals surface area (Å²) in [4.78, 5) is 11.5. The summed E-state index contributed by atoms with van der Waals surface area (Å²) < 4.78 is 0.